The van der Waals surface area contributed by atoms with Gasteiger partial charge in [0, 0.05) is 31.1 Å². The van der Waals surface area contributed by atoms with Gasteiger partial charge in [-0.3, -0.25) is 0 Å². The molecule has 4 rings (SSSR count). The Morgan fingerprint density at radius 1 is 1.35 bits per heavy atom. The van der Waals surface area contributed by atoms with Crippen LogP contribution in [-0.4, -0.2) is 30.7 Å². The summed E-state index contributed by atoms with van der Waals surface area (Å²) in [6.07, 6.45) is 10.1. The maximum Gasteiger partial charge on any atom is 0.199 e. The standard InChI is InChI=1S/C14H16N6/c1-2-15-12-9-19-8-6-16-13(19)14(17-12)20-7-5-11(18-20)10-3-4-10/h5-10,15H,2-4H2,1H3. The Morgan fingerprint density at radius 3 is 3.05 bits per heavy atom. The van der Waals surface area contributed by atoms with Crippen molar-refractivity contribution in [3.8, 4) is 5.82 Å². The molecule has 3 heterocycles. The highest BCUT2D eigenvalue weighted by Crippen LogP contribution is 2.39. The third kappa shape index (κ3) is 1.84. The summed E-state index contributed by atoms with van der Waals surface area (Å²) in [5, 5.41) is 7.89. The highest BCUT2D eigenvalue weighted by Gasteiger charge is 2.26. The molecule has 6 nitrogen and oxygen atoms in total. The van der Waals surface area contributed by atoms with Gasteiger partial charge in [-0.2, -0.15) is 5.10 Å². The molecule has 0 aromatic carbocycles. The molecule has 0 atom stereocenters. The van der Waals surface area contributed by atoms with E-state index in [4.69, 9.17) is 0 Å². The van der Waals surface area contributed by atoms with Gasteiger partial charge in [-0.25, -0.2) is 14.6 Å². The molecular formula is C14H16N6. The quantitative estimate of drug-likeness (QED) is 0.788. The van der Waals surface area contributed by atoms with E-state index in [0.29, 0.717) is 5.92 Å². The average Bonchev–Trinajstić information content (AvgIpc) is 3.01. The number of fused-ring (bicyclic) bond motifs is 1. The van der Waals surface area contributed by atoms with E-state index in [9.17, 15) is 0 Å². The molecule has 102 valence electrons. The predicted octanol–water partition coefficient (Wildman–Crippen LogP) is 2.22. The summed E-state index contributed by atoms with van der Waals surface area (Å²) in [5.41, 5.74) is 1.97. The molecule has 0 amide bonds. The minimum atomic E-state index is 0.643. The Hall–Kier alpha value is -2.37. The fraction of sp³-hybridized carbons (Fsp3) is 0.357. The first-order valence-corrected chi connectivity index (χ1v) is 6.98. The molecule has 3 aromatic rings. The average molecular weight is 268 g/mol. The van der Waals surface area contributed by atoms with Crippen LogP contribution in [0.15, 0.2) is 30.9 Å². The second-order valence-electron chi connectivity index (χ2n) is 5.10. The Morgan fingerprint density at radius 2 is 2.25 bits per heavy atom. The summed E-state index contributed by atoms with van der Waals surface area (Å²) in [7, 11) is 0. The number of nitrogens with one attached hydrogen (secondary N) is 1. The monoisotopic (exact) mass is 268 g/mol. The van der Waals surface area contributed by atoms with Crippen molar-refractivity contribution in [2.75, 3.05) is 11.9 Å². The van der Waals surface area contributed by atoms with Crippen LogP contribution in [0, 0.1) is 0 Å². The summed E-state index contributed by atoms with van der Waals surface area (Å²) in [5.74, 6) is 2.24. The lowest BCUT2D eigenvalue weighted by atomic mass is 10.3. The van der Waals surface area contributed by atoms with Crippen LogP contribution in [0.25, 0.3) is 11.5 Å². The number of hydrogen-bond acceptors (Lipinski definition) is 4. The van der Waals surface area contributed by atoms with Crippen molar-refractivity contribution >= 4 is 11.5 Å². The Labute approximate surface area is 116 Å². The smallest absolute Gasteiger partial charge is 0.199 e. The van der Waals surface area contributed by atoms with Gasteiger partial charge in [0.15, 0.2) is 11.5 Å². The van der Waals surface area contributed by atoms with E-state index < -0.39 is 0 Å². The first-order valence-electron chi connectivity index (χ1n) is 6.98. The van der Waals surface area contributed by atoms with Crippen molar-refractivity contribution in [1.82, 2.24) is 24.1 Å². The summed E-state index contributed by atoms with van der Waals surface area (Å²) in [6.45, 7) is 2.89. The third-order valence-electron chi connectivity index (χ3n) is 3.54. The van der Waals surface area contributed by atoms with E-state index >= 15 is 0 Å². The van der Waals surface area contributed by atoms with Crippen LogP contribution in [0.3, 0.4) is 0 Å². The Kier molecular flexibility index (Phi) is 2.48. The number of hydrogen-bond donors (Lipinski definition) is 1. The van der Waals surface area contributed by atoms with Crippen molar-refractivity contribution < 1.29 is 0 Å². The lowest BCUT2D eigenvalue weighted by molar-refractivity contribution is 0.810. The van der Waals surface area contributed by atoms with Crippen molar-refractivity contribution in [1.29, 1.82) is 0 Å². The fourth-order valence-electron chi connectivity index (χ4n) is 2.39. The van der Waals surface area contributed by atoms with E-state index in [1.54, 1.807) is 6.20 Å². The van der Waals surface area contributed by atoms with E-state index in [-0.39, 0.29) is 0 Å². The Bertz CT molecular complexity index is 752. The molecule has 0 unspecified atom stereocenters. The summed E-state index contributed by atoms with van der Waals surface area (Å²) in [6, 6.07) is 2.08. The molecule has 3 aromatic heterocycles. The van der Waals surface area contributed by atoms with Gasteiger partial charge >= 0.3 is 0 Å². The van der Waals surface area contributed by atoms with Crippen LogP contribution in [0.5, 0.6) is 0 Å². The predicted molar refractivity (Wildman–Crippen MR) is 76.2 cm³/mol. The fourth-order valence-corrected chi connectivity index (χ4v) is 2.39. The number of nitrogens with zero attached hydrogens (tertiary/aromatic N) is 5. The lowest BCUT2D eigenvalue weighted by Gasteiger charge is -2.08. The molecule has 0 radical (unpaired) electrons. The molecule has 0 aliphatic heterocycles. The molecule has 0 saturated heterocycles. The maximum atomic E-state index is 4.65. The van der Waals surface area contributed by atoms with Gasteiger partial charge in [-0.05, 0) is 25.8 Å². The topological polar surface area (TPSA) is 60.0 Å². The summed E-state index contributed by atoms with van der Waals surface area (Å²) >= 11 is 0. The van der Waals surface area contributed by atoms with E-state index in [0.717, 1.165) is 29.5 Å². The molecule has 1 saturated carbocycles. The molecule has 1 aliphatic carbocycles. The van der Waals surface area contributed by atoms with Crippen LogP contribution in [0.2, 0.25) is 0 Å². The minimum Gasteiger partial charge on any atom is -0.369 e. The van der Waals surface area contributed by atoms with Crippen LogP contribution in [-0.2, 0) is 0 Å². The molecule has 20 heavy (non-hydrogen) atoms. The number of aromatic nitrogens is 5. The Balaban J connectivity index is 1.84. The highest BCUT2D eigenvalue weighted by molar-refractivity contribution is 5.57. The van der Waals surface area contributed by atoms with Crippen molar-refractivity contribution in [3.05, 3.63) is 36.5 Å². The number of anilines is 1. The summed E-state index contributed by atoms with van der Waals surface area (Å²) < 4.78 is 3.80. The zero-order chi connectivity index (χ0) is 13.5. The minimum absolute atomic E-state index is 0.643. The van der Waals surface area contributed by atoms with Crippen molar-refractivity contribution in [3.63, 3.8) is 0 Å². The van der Waals surface area contributed by atoms with Gasteiger partial charge in [-0.15, -0.1) is 0 Å². The molecule has 1 aliphatic rings. The molecule has 1 fully saturated rings. The summed E-state index contributed by atoms with van der Waals surface area (Å²) in [4.78, 5) is 9.01. The van der Waals surface area contributed by atoms with Crippen LogP contribution in [0.4, 0.5) is 5.82 Å². The number of rotatable bonds is 4. The molecule has 0 bridgehead atoms. The van der Waals surface area contributed by atoms with Gasteiger partial charge in [0.1, 0.15) is 5.82 Å². The van der Waals surface area contributed by atoms with Gasteiger partial charge in [0.05, 0.1) is 11.9 Å². The maximum absolute atomic E-state index is 4.65. The van der Waals surface area contributed by atoms with Crippen molar-refractivity contribution in [2.24, 2.45) is 0 Å². The second kappa shape index (κ2) is 4.33. The van der Waals surface area contributed by atoms with Crippen molar-refractivity contribution in [2.45, 2.75) is 25.7 Å². The number of imidazole rings is 1. The molecule has 1 N–H and O–H groups in total. The molecular weight excluding hydrogens is 252 g/mol. The molecule has 0 spiro atoms. The largest absolute Gasteiger partial charge is 0.369 e. The van der Waals surface area contributed by atoms with Gasteiger partial charge in [0.2, 0.25) is 0 Å². The van der Waals surface area contributed by atoms with Gasteiger partial charge < -0.3 is 9.72 Å². The first-order chi connectivity index (χ1) is 9.85. The van der Waals surface area contributed by atoms with Gasteiger partial charge in [0.25, 0.3) is 0 Å². The second-order valence-corrected chi connectivity index (χ2v) is 5.10. The third-order valence-corrected chi connectivity index (χ3v) is 3.54. The van der Waals surface area contributed by atoms with E-state index in [2.05, 4.69) is 33.4 Å². The normalized spacial score (nSPS) is 14.8. The van der Waals surface area contributed by atoms with Gasteiger partial charge in [-0.1, -0.05) is 0 Å². The van der Waals surface area contributed by atoms with Crippen LogP contribution >= 0.6 is 0 Å². The zero-order valence-electron chi connectivity index (χ0n) is 11.3. The van der Waals surface area contributed by atoms with Crippen LogP contribution < -0.4 is 5.32 Å². The van der Waals surface area contributed by atoms with E-state index in [1.807, 2.05) is 27.7 Å². The SMILES string of the molecule is CCNc1cn2ccnc2c(-n2ccc(C3CC3)n2)n1. The lowest BCUT2D eigenvalue weighted by Crippen LogP contribution is -2.07. The van der Waals surface area contributed by atoms with Crippen LogP contribution in [0.1, 0.15) is 31.4 Å². The zero-order valence-corrected chi connectivity index (χ0v) is 11.3. The first kappa shape index (κ1) is 11.5. The van der Waals surface area contributed by atoms with E-state index in [1.165, 1.54) is 12.8 Å². The highest BCUT2D eigenvalue weighted by atomic mass is 15.3. The molecule has 6 heteroatoms.